The minimum absolute atomic E-state index is 0.866. The fraction of sp³-hybridized carbons (Fsp3) is 1.00. The van der Waals surface area contributed by atoms with E-state index in [4.69, 9.17) is 5.73 Å². The van der Waals surface area contributed by atoms with Crippen LogP contribution in [0.25, 0.3) is 0 Å². The Kier molecular flexibility index (Phi) is 6.41. The van der Waals surface area contributed by atoms with Crippen molar-refractivity contribution in [3.63, 3.8) is 0 Å². The molecule has 1 aliphatic carbocycles. The molecule has 0 bridgehead atoms. The van der Waals surface area contributed by atoms with Crippen LogP contribution < -0.4 is 5.73 Å². The standard InChI is InChI=1S/C15H31N/c1-4-14(7-8-16)9-12(2)5-6-15-10-13(3)11-15/h12-15H,4-11,16H2,1-3H3. The molecule has 1 aliphatic rings. The lowest BCUT2D eigenvalue weighted by molar-refractivity contribution is 0.183. The molecule has 0 saturated heterocycles. The SMILES string of the molecule is CCC(CCN)CC(C)CCC1CC(C)C1. The van der Waals surface area contributed by atoms with Crippen molar-refractivity contribution >= 4 is 0 Å². The largest absolute Gasteiger partial charge is 0.330 e. The van der Waals surface area contributed by atoms with Gasteiger partial charge in [-0.15, -0.1) is 0 Å². The van der Waals surface area contributed by atoms with E-state index >= 15 is 0 Å². The third kappa shape index (κ3) is 4.86. The first-order valence-corrected chi connectivity index (χ1v) is 7.35. The van der Waals surface area contributed by atoms with Crippen molar-refractivity contribution in [2.24, 2.45) is 29.4 Å². The van der Waals surface area contributed by atoms with E-state index in [0.29, 0.717) is 0 Å². The lowest BCUT2D eigenvalue weighted by atomic mass is 9.72. The third-order valence-corrected chi connectivity index (χ3v) is 4.43. The molecule has 96 valence electrons. The molecule has 1 nitrogen and oxygen atoms in total. The topological polar surface area (TPSA) is 26.0 Å². The zero-order chi connectivity index (χ0) is 12.0. The summed E-state index contributed by atoms with van der Waals surface area (Å²) in [5, 5.41) is 0. The van der Waals surface area contributed by atoms with Crippen LogP contribution in [0, 0.1) is 23.7 Å². The lowest BCUT2D eigenvalue weighted by Crippen LogP contribution is -2.21. The second kappa shape index (κ2) is 7.32. The zero-order valence-corrected chi connectivity index (χ0v) is 11.5. The lowest BCUT2D eigenvalue weighted by Gasteiger charge is -2.33. The fourth-order valence-electron chi connectivity index (χ4n) is 3.24. The summed E-state index contributed by atoms with van der Waals surface area (Å²) in [6.07, 6.45) is 9.84. The molecule has 0 radical (unpaired) electrons. The Labute approximate surface area is 102 Å². The Bertz CT molecular complexity index is 172. The van der Waals surface area contributed by atoms with Crippen molar-refractivity contribution in [3.05, 3.63) is 0 Å². The van der Waals surface area contributed by atoms with Crippen molar-refractivity contribution in [1.29, 1.82) is 0 Å². The van der Waals surface area contributed by atoms with Gasteiger partial charge in [-0.3, -0.25) is 0 Å². The van der Waals surface area contributed by atoms with E-state index in [2.05, 4.69) is 20.8 Å². The predicted octanol–water partition coefficient (Wildman–Crippen LogP) is 4.21. The second-order valence-corrected chi connectivity index (χ2v) is 6.21. The highest BCUT2D eigenvalue weighted by Gasteiger charge is 2.25. The van der Waals surface area contributed by atoms with Gasteiger partial charge in [0, 0.05) is 0 Å². The summed E-state index contributed by atoms with van der Waals surface area (Å²) in [5.41, 5.74) is 5.65. The van der Waals surface area contributed by atoms with Gasteiger partial charge in [-0.2, -0.15) is 0 Å². The van der Waals surface area contributed by atoms with Crippen molar-refractivity contribution in [1.82, 2.24) is 0 Å². The Morgan fingerprint density at radius 1 is 1.25 bits per heavy atom. The van der Waals surface area contributed by atoms with Crippen molar-refractivity contribution in [2.75, 3.05) is 6.54 Å². The van der Waals surface area contributed by atoms with E-state index in [9.17, 15) is 0 Å². The molecule has 1 rings (SSSR count). The van der Waals surface area contributed by atoms with E-state index in [1.54, 1.807) is 0 Å². The summed E-state index contributed by atoms with van der Waals surface area (Å²) in [5.74, 6) is 3.86. The average Bonchev–Trinajstić information content (AvgIpc) is 2.22. The number of rotatable bonds is 8. The van der Waals surface area contributed by atoms with Gasteiger partial charge < -0.3 is 5.73 Å². The number of hydrogen-bond donors (Lipinski definition) is 1. The minimum Gasteiger partial charge on any atom is -0.330 e. The fourth-order valence-corrected chi connectivity index (χ4v) is 3.24. The van der Waals surface area contributed by atoms with E-state index in [0.717, 1.165) is 30.2 Å². The molecular formula is C15H31N. The molecule has 1 saturated carbocycles. The van der Waals surface area contributed by atoms with Crippen LogP contribution in [0.2, 0.25) is 0 Å². The molecule has 0 aromatic heterocycles. The van der Waals surface area contributed by atoms with Crippen LogP contribution in [0.3, 0.4) is 0 Å². The van der Waals surface area contributed by atoms with E-state index < -0.39 is 0 Å². The molecule has 0 spiro atoms. The average molecular weight is 225 g/mol. The van der Waals surface area contributed by atoms with Crippen LogP contribution in [0.1, 0.15) is 65.7 Å². The van der Waals surface area contributed by atoms with Crippen LogP contribution in [0.5, 0.6) is 0 Å². The molecule has 1 fully saturated rings. The summed E-state index contributed by atoms with van der Waals surface area (Å²) in [7, 11) is 0. The van der Waals surface area contributed by atoms with Gasteiger partial charge in [-0.05, 0) is 55.9 Å². The molecule has 0 aliphatic heterocycles. The predicted molar refractivity (Wildman–Crippen MR) is 72.4 cm³/mol. The molecule has 0 amide bonds. The Balaban J connectivity index is 2.07. The van der Waals surface area contributed by atoms with Gasteiger partial charge in [-0.1, -0.05) is 40.0 Å². The summed E-state index contributed by atoms with van der Waals surface area (Å²) in [4.78, 5) is 0. The van der Waals surface area contributed by atoms with Gasteiger partial charge in [0.25, 0.3) is 0 Å². The van der Waals surface area contributed by atoms with Crippen LogP contribution in [-0.4, -0.2) is 6.54 Å². The van der Waals surface area contributed by atoms with Crippen LogP contribution in [0.15, 0.2) is 0 Å². The third-order valence-electron chi connectivity index (χ3n) is 4.43. The summed E-state index contributed by atoms with van der Waals surface area (Å²) in [6.45, 7) is 7.99. The smallest absolute Gasteiger partial charge is 0.00746 e. The maximum absolute atomic E-state index is 5.65. The second-order valence-electron chi connectivity index (χ2n) is 6.21. The Hall–Kier alpha value is -0.0400. The van der Waals surface area contributed by atoms with Crippen LogP contribution in [-0.2, 0) is 0 Å². The summed E-state index contributed by atoms with van der Waals surface area (Å²) < 4.78 is 0. The Morgan fingerprint density at radius 3 is 2.44 bits per heavy atom. The first kappa shape index (κ1) is 14.0. The molecule has 0 heterocycles. The molecule has 2 atom stereocenters. The molecule has 0 aromatic rings. The highest BCUT2D eigenvalue weighted by molar-refractivity contribution is 4.77. The summed E-state index contributed by atoms with van der Waals surface area (Å²) >= 11 is 0. The molecule has 2 N–H and O–H groups in total. The Morgan fingerprint density at radius 2 is 1.94 bits per heavy atom. The molecule has 1 heteroatoms. The van der Waals surface area contributed by atoms with E-state index in [1.165, 1.54) is 44.9 Å². The van der Waals surface area contributed by atoms with Gasteiger partial charge in [0.05, 0.1) is 0 Å². The maximum atomic E-state index is 5.65. The molecular weight excluding hydrogens is 194 g/mol. The highest BCUT2D eigenvalue weighted by atomic mass is 14.5. The van der Waals surface area contributed by atoms with E-state index in [-0.39, 0.29) is 0 Å². The van der Waals surface area contributed by atoms with Gasteiger partial charge in [-0.25, -0.2) is 0 Å². The number of nitrogens with two attached hydrogens (primary N) is 1. The zero-order valence-electron chi connectivity index (χ0n) is 11.5. The van der Waals surface area contributed by atoms with Crippen molar-refractivity contribution in [3.8, 4) is 0 Å². The van der Waals surface area contributed by atoms with Crippen molar-refractivity contribution in [2.45, 2.75) is 65.7 Å². The molecule has 2 unspecified atom stereocenters. The van der Waals surface area contributed by atoms with Crippen LogP contribution in [0.4, 0.5) is 0 Å². The molecule has 0 aromatic carbocycles. The molecule has 16 heavy (non-hydrogen) atoms. The normalized spacial score (nSPS) is 28.5. The van der Waals surface area contributed by atoms with Gasteiger partial charge in [0.2, 0.25) is 0 Å². The number of hydrogen-bond acceptors (Lipinski definition) is 1. The van der Waals surface area contributed by atoms with Gasteiger partial charge in [0.15, 0.2) is 0 Å². The highest BCUT2D eigenvalue weighted by Crippen LogP contribution is 2.37. The van der Waals surface area contributed by atoms with Gasteiger partial charge >= 0.3 is 0 Å². The van der Waals surface area contributed by atoms with E-state index in [1.807, 2.05) is 0 Å². The minimum atomic E-state index is 0.866. The first-order chi connectivity index (χ1) is 7.65. The van der Waals surface area contributed by atoms with Crippen LogP contribution >= 0.6 is 0 Å². The summed E-state index contributed by atoms with van der Waals surface area (Å²) in [6, 6.07) is 0. The van der Waals surface area contributed by atoms with Gasteiger partial charge in [0.1, 0.15) is 0 Å². The quantitative estimate of drug-likeness (QED) is 0.658. The van der Waals surface area contributed by atoms with Crippen molar-refractivity contribution < 1.29 is 0 Å². The monoisotopic (exact) mass is 225 g/mol. The maximum Gasteiger partial charge on any atom is -0.00746 e. The first-order valence-electron chi connectivity index (χ1n) is 7.35.